The molecule has 1 N–H and O–H groups in total. The summed E-state index contributed by atoms with van der Waals surface area (Å²) < 4.78 is 0. The summed E-state index contributed by atoms with van der Waals surface area (Å²) in [7, 11) is 1.97. The molecule has 0 fully saturated rings. The van der Waals surface area contributed by atoms with E-state index < -0.39 is 5.97 Å². The van der Waals surface area contributed by atoms with Crippen molar-refractivity contribution in [1.29, 1.82) is 0 Å². The van der Waals surface area contributed by atoms with E-state index in [0.29, 0.717) is 12.5 Å². The number of carboxylic acid groups (broad SMARTS) is 1. The molecule has 1 atom stereocenters. The van der Waals surface area contributed by atoms with Crippen molar-refractivity contribution < 1.29 is 9.90 Å². The van der Waals surface area contributed by atoms with Gasteiger partial charge in [-0.25, -0.2) is 0 Å². The number of carbonyl (C=O) groups is 1. The normalized spacial score (nSPS) is 13.0. The lowest BCUT2D eigenvalue weighted by molar-refractivity contribution is -0.141. The number of carboxylic acids is 1. The van der Waals surface area contributed by atoms with Crippen LogP contribution in [-0.4, -0.2) is 29.6 Å². The summed E-state index contributed by atoms with van der Waals surface area (Å²) in [6.07, 6.45) is 0. The zero-order chi connectivity index (χ0) is 14.6. The van der Waals surface area contributed by atoms with E-state index in [4.69, 9.17) is 5.11 Å². The maximum Gasteiger partial charge on any atom is 0.307 e. The summed E-state index contributed by atoms with van der Waals surface area (Å²) in [5.41, 5.74) is 3.88. The third-order valence-corrected chi connectivity index (χ3v) is 3.49. The summed E-state index contributed by atoms with van der Waals surface area (Å²) in [4.78, 5) is 12.9. The predicted octanol–water partition coefficient (Wildman–Crippen LogP) is 3.27. The first-order valence-electron chi connectivity index (χ1n) is 6.82. The Kier molecular flexibility index (Phi) is 5.55. The van der Waals surface area contributed by atoms with Gasteiger partial charge in [0.05, 0.1) is 5.92 Å². The van der Waals surface area contributed by atoms with Crippen LogP contribution in [0.25, 0.3) is 0 Å². The Balaban J connectivity index is 2.75. The summed E-state index contributed by atoms with van der Waals surface area (Å²) >= 11 is 0. The van der Waals surface area contributed by atoms with Crippen molar-refractivity contribution in [3.05, 3.63) is 34.9 Å². The first-order valence-corrected chi connectivity index (χ1v) is 6.82. The molecule has 0 aliphatic rings. The van der Waals surface area contributed by atoms with Gasteiger partial charge in [-0.15, -0.1) is 0 Å². The Bertz CT molecular complexity index is 440. The smallest absolute Gasteiger partial charge is 0.307 e. The van der Waals surface area contributed by atoms with E-state index in [2.05, 4.69) is 43.9 Å². The molecule has 0 radical (unpaired) electrons. The molecule has 0 bridgehead atoms. The predicted molar refractivity (Wildman–Crippen MR) is 78.4 cm³/mol. The molecule has 1 unspecified atom stereocenters. The molecule has 19 heavy (non-hydrogen) atoms. The third kappa shape index (κ3) is 4.67. The molecule has 0 saturated heterocycles. The van der Waals surface area contributed by atoms with Crippen LogP contribution in [0.15, 0.2) is 18.2 Å². The number of rotatable bonds is 6. The van der Waals surface area contributed by atoms with E-state index in [1.54, 1.807) is 6.92 Å². The first-order chi connectivity index (χ1) is 8.81. The van der Waals surface area contributed by atoms with Crippen molar-refractivity contribution in [2.24, 2.45) is 5.92 Å². The van der Waals surface area contributed by atoms with Gasteiger partial charge < -0.3 is 10.0 Å². The van der Waals surface area contributed by atoms with Crippen molar-refractivity contribution in [2.75, 3.05) is 13.6 Å². The van der Waals surface area contributed by atoms with Gasteiger partial charge in [-0.1, -0.05) is 39.0 Å². The summed E-state index contributed by atoms with van der Waals surface area (Å²) in [5, 5.41) is 8.94. The molecule has 0 aromatic heterocycles. The van der Waals surface area contributed by atoms with Gasteiger partial charge >= 0.3 is 5.97 Å². The van der Waals surface area contributed by atoms with E-state index in [9.17, 15) is 4.79 Å². The van der Waals surface area contributed by atoms with Gasteiger partial charge in [-0.3, -0.25) is 4.79 Å². The van der Waals surface area contributed by atoms with Crippen LogP contribution in [0.2, 0.25) is 0 Å². The Morgan fingerprint density at radius 1 is 1.32 bits per heavy atom. The monoisotopic (exact) mass is 263 g/mol. The lowest BCUT2D eigenvalue weighted by Crippen LogP contribution is -2.28. The molecule has 0 aliphatic carbocycles. The second-order valence-corrected chi connectivity index (χ2v) is 5.78. The SMILES string of the molecule is Cc1ccc(C(C)C)cc1CN(C)CC(C)C(=O)O. The molecule has 0 saturated carbocycles. The molecule has 0 aliphatic heterocycles. The Morgan fingerprint density at radius 2 is 1.95 bits per heavy atom. The molecule has 0 heterocycles. The van der Waals surface area contributed by atoms with E-state index in [1.165, 1.54) is 16.7 Å². The lowest BCUT2D eigenvalue weighted by atomic mass is 9.97. The molecule has 0 spiro atoms. The second-order valence-electron chi connectivity index (χ2n) is 5.78. The number of benzene rings is 1. The minimum absolute atomic E-state index is 0.335. The molecular formula is C16H25NO2. The van der Waals surface area contributed by atoms with Gasteiger partial charge in [-0.05, 0) is 36.6 Å². The topological polar surface area (TPSA) is 40.5 Å². The molecule has 1 rings (SSSR count). The van der Waals surface area contributed by atoms with Crippen molar-refractivity contribution in [2.45, 2.75) is 40.2 Å². The van der Waals surface area contributed by atoms with Gasteiger partial charge in [0.2, 0.25) is 0 Å². The number of aliphatic carboxylic acids is 1. The highest BCUT2D eigenvalue weighted by molar-refractivity contribution is 5.69. The highest BCUT2D eigenvalue weighted by atomic mass is 16.4. The highest BCUT2D eigenvalue weighted by Gasteiger charge is 2.14. The van der Waals surface area contributed by atoms with Crippen LogP contribution < -0.4 is 0 Å². The summed E-state index contributed by atoms with van der Waals surface area (Å²) in [5.74, 6) is -0.555. The van der Waals surface area contributed by atoms with E-state index in [0.717, 1.165) is 6.54 Å². The fourth-order valence-corrected chi connectivity index (χ4v) is 2.12. The van der Waals surface area contributed by atoms with Crippen molar-refractivity contribution in [3.8, 4) is 0 Å². The van der Waals surface area contributed by atoms with Gasteiger partial charge in [0.1, 0.15) is 0 Å². The zero-order valence-electron chi connectivity index (χ0n) is 12.6. The Morgan fingerprint density at radius 3 is 2.47 bits per heavy atom. The van der Waals surface area contributed by atoms with Crippen LogP contribution in [0.3, 0.4) is 0 Å². The lowest BCUT2D eigenvalue weighted by Gasteiger charge is -2.21. The molecule has 0 amide bonds. The number of hydrogen-bond acceptors (Lipinski definition) is 2. The van der Waals surface area contributed by atoms with Gasteiger partial charge in [0.15, 0.2) is 0 Å². The van der Waals surface area contributed by atoms with Crippen molar-refractivity contribution in [3.63, 3.8) is 0 Å². The molecule has 106 valence electrons. The minimum atomic E-state index is -0.737. The largest absolute Gasteiger partial charge is 0.481 e. The molecule has 3 nitrogen and oxygen atoms in total. The number of aryl methyl sites for hydroxylation is 1. The Hall–Kier alpha value is -1.35. The molecule has 1 aromatic carbocycles. The van der Waals surface area contributed by atoms with Crippen molar-refractivity contribution >= 4 is 5.97 Å². The highest BCUT2D eigenvalue weighted by Crippen LogP contribution is 2.19. The fraction of sp³-hybridized carbons (Fsp3) is 0.562. The van der Waals surface area contributed by atoms with E-state index in [-0.39, 0.29) is 5.92 Å². The standard InChI is InChI=1S/C16H25NO2/c1-11(2)14-7-6-12(3)15(8-14)10-17(5)9-13(4)16(18)19/h6-8,11,13H,9-10H2,1-5H3,(H,18,19). The van der Waals surface area contributed by atoms with Crippen LogP contribution in [0.4, 0.5) is 0 Å². The van der Waals surface area contributed by atoms with Gasteiger partial charge in [-0.2, -0.15) is 0 Å². The summed E-state index contributed by atoms with van der Waals surface area (Å²) in [6.45, 7) is 9.59. The van der Waals surface area contributed by atoms with E-state index in [1.807, 2.05) is 7.05 Å². The second kappa shape index (κ2) is 6.71. The van der Waals surface area contributed by atoms with Gasteiger partial charge in [0, 0.05) is 13.1 Å². The molecule has 3 heteroatoms. The number of hydrogen-bond donors (Lipinski definition) is 1. The third-order valence-electron chi connectivity index (χ3n) is 3.49. The quantitative estimate of drug-likeness (QED) is 0.856. The minimum Gasteiger partial charge on any atom is -0.481 e. The fourth-order valence-electron chi connectivity index (χ4n) is 2.12. The first kappa shape index (κ1) is 15.7. The van der Waals surface area contributed by atoms with Crippen LogP contribution in [0.1, 0.15) is 43.4 Å². The molecular weight excluding hydrogens is 238 g/mol. The van der Waals surface area contributed by atoms with Gasteiger partial charge in [0.25, 0.3) is 0 Å². The maximum atomic E-state index is 10.9. The Labute approximate surface area is 116 Å². The average molecular weight is 263 g/mol. The van der Waals surface area contributed by atoms with Crippen LogP contribution in [0, 0.1) is 12.8 Å². The molecule has 1 aromatic rings. The van der Waals surface area contributed by atoms with Crippen LogP contribution in [-0.2, 0) is 11.3 Å². The van der Waals surface area contributed by atoms with Crippen LogP contribution in [0.5, 0.6) is 0 Å². The maximum absolute atomic E-state index is 10.9. The van der Waals surface area contributed by atoms with Crippen LogP contribution >= 0.6 is 0 Å². The zero-order valence-corrected chi connectivity index (χ0v) is 12.6. The van der Waals surface area contributed by atoms with E-state index >= 15 is 0 Å². The number of nitrogens with zero attached hydrogens (tertiary/aromatic N) is 1. The van der Waals surface area contributed by atoms with Crippen molar-refractivity contribution in [1.82, 2.24) is 4.90 Å². The summed E-state index contributed by atoms with van der Waals surface area (Å²) in [6, 6.07) is 6.56. The average Bonchev–Trinajstić information content (AvgIpc) is 2.31.